The number of sulfone groups is 1. The van der Waals surface area contributed by atoms with Gasteiger partial charge in [-0.2, -0.15) is 5.10 Å². The standard InChI is InChI=1S/C22H27N3O2S/c1-16-22(17(2)25(23-16)20-11-12-28(26,27)15-20)14-24(3)13-19-9-6-8-18-7-4-5-10-21(18)19/h4-10,20H,11-15H2,1-3H3/t20-/m1/s1. The number of hydrogen-bond donors (Lipinski definition) is 0. The fourth-order valence-corrected chi connectivity index (χ4v) is 5.99. The molecule has 0 bridgehead atoms. The van der Waals surface area contributed by atoms with E-state index in [1.807, 2.05) is 11.6 Å². The topological polar surface area (TPSA) is 55.2 Å². The van der Waals surface area contributed by atoms with Crippen molar-refractivity contribution >= 4 is 20.6 Å². The van der Waals surface area contributed by atoms with E-state index in [9.17, 15) is 8.42 Å². The fourth-order valence-electron chi connectivity index (χ4n) is 4.30. The number of hydrogen-bond acceptors (Lipinski definition) is 4. The summed E-state index contributed by atoms with van der Waals surface area (Å²) in [5, 5.41) is 7.24. The van der Waals surface area contributed by atoms with E-state index in [1.54, 1.807) is 0 Å². The number of nitrogens with zero attached hydrogens (tertiary/aromatic N) is 3. The van der Waals surface area contributed by atoms with Crippen LogP contribution >= 0.6 is 0 Å². The van der Waals surface area contributed by atoms with Gasteiger partial charge in [0.15, 0.2) is 9.84 Å². The summed E-state index contributed by atoms with van der Waals surface area (Å²) in [6, 6.07) is 14.9. The smallest absolute Gasteiger partial charge is 0.152 e. The molecular weight excluding hydrogens is 370 g/mol. The van der Waals surface area contributed by atoms with E-state index in [-0.39, 0.29) is 17.5 Å². The van der Waals surface area contributed by atoms with Gasteiger partial charge in [-0.3, -0.25) is 9.58 Å². The summed E-state index contributed by atoms with van der Waals surface area (Å²) in [5.74, 6) is 0.479. The highest BCUT2D eigenvalue weighted by atomic mass is 32.2. The van der Waals surface area contributed by atoms with Crippen LogP contribution in [0, 0.1) is 13.8 Å². The molecule has 0 unspecified atom stereocenters. The van der Waals surface area contributed by atoms with E-state index in [2.05, 4.69) is 61.3 Å². The third-order valence-electron chi connectivity index (χ3n) is 5.78. The molecule has 1 aliphatic rings. The zero-order valence-electron chi connectivity index (χ0n) is 16.7. The zero-order valence-corrected chi connectivity index (χ0v) is 17.5. The lowest BCUT2D eigenvalue weighted by Gasteiger charge is -2.19. The SMILES string of the molecule is Cc1nn([C@@H]2CCS(=O)(=O)C2)c(C)c1CN(C)Cc1cccc2ccccc12. The second kappa shape index (κ2) is 7.33. The van der Waals surface area contributed by atoms with Gasteiger partial charge < -0.3 is 0 Å². The van der Waals surface area contributed by atoms with Crippen molar-refractivity contribution < 1.29 is 8.42 Å². The number of benzene rings is 2. The van der Waals surface area contributed by atoms with Crippen molar-refractivity contribution in [2.75, 3.05) is 18.6 Å². The average Bonchev–Trinajstić information content (AvgIpc) is 3.15. The van der Waals surface area contributed by atoms with Gasteiger partial charge in [0.25, 0.3) is 0 Å². The van der Waals surface area contributed by atoms with Crippen LogP contribution < -0.4 is 0 Å². The number of rotatable bonds is 5. The van der Waals surface area contributed by atoms with E-state index in [1.165, 1.54) is 21.9 Å². The molecular formula is C22H27N3O2S. The maximum atomic E-state index is 11.9. The van der Waals surface area contributed by atoms with E-state index >= 15 is 0 Å². The fraction of sp³-hybridized carbons (Fsp3) is 0.409. The van der Waals surface area contributed by atoms with Crippen LogP contribution in [-0.2, 0) is 22.9 Å². The molecule has 5 nitrogen and oxygen atoms in total. The molecule has 0 radical (unpaired) electrons. The summed E-state index contributed by atoms with van der Waals surface area (Å²) < 4.78 is 25.7. The van der Waals surface area contributed by atoms with Crippen LogP contribution in [0.2, 0.25) is 0 Å². The van der Waals surface area contributed by atoms with Crippen LogP contribution in [0.1, 0.15) is 35.0 Å². The lowest BCUT2D eigenvalue weighted by molar-refractivity contribution is 0.318. The summed E-state index contributed by atoms with van der Waals surface area (Å²) >= 11 is 0. The van der Waals surface area contributed by atoms with Crippen molar-refractivity contribution in [1.82, 2.24) is 14.7 Å². The van der Waals surface area contributed by atoms with E-state index in [4.69, 9.17) is 5.10 Å². The van der Waals surface area contributed by atoms with Gasteiger partial charge in [0, 0.05) is 24.3 Å². The highest BCUT2D eigenvalue weighted by molar-refractivity contribution is 7.91. The van der Waals surface area contributed by atoms with Crippen LogP contribution in [0.15, 0.2) is 42.5 Å². The Balaban J connectivity index is 1.54. The molecule has 1 aromatic heterocycles. The molecule has 2 heterocycles. The Bertz CT molecular complexity index is 1110. The Morgan fingerprint density at radius 3 is 2.61 bits per heavy atom. The Morgan fingerprint density at radius 1 is 1.11 bits per heavy atom. The molecule has 0 aliphatic carbocycles. The number of aromatic nitrogens is 2. The minimum Gasteiger partial charge on any atom is -0.298 e. The quantitative estimate of drug-likeness (QED) is 0.659. The van der Waals surface area contributed by atoms with Crippen LogP contribution in [-0.4, -0.2) is 41.7 Å². The zero-order chi connectivity index (χ0) is 19.9. The first-order valence-corrected chi connectivity index (χ1v) is 11.6. The van der Waals surface area contributed by atoms with Crippen molar-refractivity contribution in [2.24, 2.45) is 0 Å². The van der Waals surface area contributed by atoms with Crippen molar-refractivity contribution in [2.45, 2.75) is 39.4 Å². The lowest BCUT2D eigenvalue weighted by Crippen LogP contribution is -2.19. The predicted molar refractivity (Wildman–Crippen MR) is 113 cm³/mol. The molecule has 0 N–H and O–H groups in total. The molecule has 0 spiro atoms. The number of aryl methyl sites for hydroxylation is 1. The summed E-state index contributed by atoms with van der Waals surface area (Å²) in [7, 11) is -0.797. The molecule has 28 heavy (non-hydrogen) atoms. The van der Waals surface area contributed by atoms with Gasteiger partial charge in [-0.15, -0.1) is 0 Å². The number of fused-ring (bicyclic) bond motifs is 1. The second-order valence-corrected chi connectivity index (χ2v) is 10.2. The van der Waals surface area contributed by atoms with Crippen molar-refractivity contribution in [3.05, 3.63) is 65.0 Å². The minimum absolute atomic E-state index is 0.0270. The molecule has 1 aliphatic heterocycles. The molecule has 0 amide bonds. The second-order valence-electron chi connectivity index (χ2n) is 7.96. The van der Waals surface area contributed by atoms with Gasteiger partial charge in [-0.05, 0) is 43.7 Å². The third-order valence-corrected chi connectivity index (χ3v) is 7.53. The maximum absolute atomic E-state index is 11.9. The Hall–Kier alpha value is -2.18. The average molecular weight is 398 g/mol. The van der Waals surface area contributed by atoms with Crippen molar-refractivity contribution in [3.8, 4) is 0 Å². The van der Waals surface area contributed by atoms with Crippen LogP contribution in [0.4, 0.5) is 0 Å². The van der Waals surface area contributed by atoms with E-state index in [0.717, 1.165) is 24.5 Å². The Morgan fingerprint density at radius 2 is 1.86 bits per heavy atom. The van der Waals surface area contributed by atoms with Gasteiger partial charge in [0.1, 0.15) is 0 Å². The monoisotopic (exact) mass is 397 g/mol. The highest BCUT2D eigenvalue weighted by Crippen LogP contribution is 2.28. The highest BCUT2D eigenvalue weighted by Gasteiger charge is 2.31. The van der Waals surface area contributed by atoms with E-state index < -0.39 is 9.84 Å². The molecule has 1 fully saturated rings. The van der Waals surface area contributed by atoms with Gasteiger partial charge in [-0.1, -0.05) is 42.5 Å². The summed E-state index contributed by atoms with van der Waals surface area (Å²) in [5.41, 5.74) is 4.59. The van der Waals surface area contributed by atoms with E-state index in [0.29, 0.717) is 6.42 Å². The molecule has 1 atom stereocenters. The first kappa shape index (κ1) is 19.2. The molecule has 0 saturated carbocycles. The molecule has 2 aromatic carbocycles. The van der Waals surface area contributed by atoms with Crippen LogP contribution in [0.25, 0.3) is 10.8 Å². The van der Waals surface area contributed by atoms with Crippen LogP contribution in [0.3, 0.4) is 0 Å². The Labute approximate surface area is 166 Å². The maximum Gasteiger partial charge on any atom is 0.152 e. The van der Waals surface area contributed by atoms with Gasteiger partial charge >= 0.3 is 0 Å². The van der Waals surface area contributed by atoms with Crippen LogP contribution in [0.5, 0.6) is 0 Å². The summed E-state index contributed by atoms with van der Waals surface area (Å²) in [6.45, 7) is 5.73. The molecule has 6 heteroatoms. The lowest BCUT2D eigenvalue weighted by atomic mass is 10.0. The molecule has 148 valence electrons. The predicted octanol–water partition coefficient (Wildman–Crippen LogP) is 3.64. The first-order valence-electron chi connectivity index (χ1n) is 9.74. The van der Waals surface area contributed by atoms with Crippen molar-refractivity contribution in [3.63, 3.8) is 0 Å². The minimum atomic E-state index is -2.92. The third kappa shape index (κ3) is 3.71. The summed E-state index contributed by atoms with van der Waals surface area (Å²) in [6.07, 6.45) is 0.662. The van der Waals surface area contributed by atoms with Gasteiger partial charge in [0.2, 0.25) is 0 Å². The van der Waals surface area contributed by atoms with Gasteiger partial charge in [0.05, 0.1) is 23.2 Å². The molecule has 3 aromatic rings. The van der Waals surface area contributed by atoms with Crippen molar-refractivity contribution in [1.29, 1.82) is 0 Å². The van der Waals surface area contributed by atoms with Gasteiger partial charge in [-0.25, -0.2) is 8.42 Å². The largest absolute Gasteiger partial charge is 0.298 e. The molecule has 1 saturated heterocycles. The normalized spacial score (nSPS) is 18.9. The first-order chi connectivity index (χ1) is 13.3. The molecule has 4 rings (SSSR count). The summed E-state index contributed by atoms with van der Waals surface area (Å²) in [4.78, 5) is 2.30. The Kier molecular flexibility index (Phi) is 5.02.